The molecule has 1 fully saturated rings. The molecule has 2 aromatic carbocycles. The van der Waals surface area contributed by atoms with Gasteiger partial charge in [0.2, 0.25) is 11.8 Å². The molecule has 1 unspecified atom stereocenters. The Bertz CT molecular complexity index is 745. The minimum absolute atomic E-state index is 0.104. The molecule has 0 aliphatic carbocycles. The summed E-state index contributed by atoms with van der Waals surface area (Å²) in [6, 6.07) is 14.6. The van der Waals surface area contributed by atoms with Crippen LogP contribution in [0.5, 0.6) is 0 Å². The van der Waals surface area contributed by atoms with Gasteiger partial charge in [0.25, 0.3) is 0 Å². The van der Waals surface area contributed by atoms with E-state index < -0.39 is 0 Å². The summed E-state index contributed by atoms with van der Waals surface area (Å²) in [4.78, 5) is 26.1. The number of hydrogen-bond donors (Lipinski definition) is 1. The minimum Gasteiger partial charge on any atom is -0.352 e. The zero-order valence-corrected chi connectivity index (χ0v) is 14.3. The predicted octanol–water partition coefficient (Wildman–Crippen LogP) is 3.66. The molecule has 1 aliphatic rings. The number of benzene rings is 2. The second kappa shape index (κ2) is 7.24. The van der Waals surface area contributed by atoms with Crippen LogP contribution in [0, 0.1) is 5.92 Å². The van der Waals surface area contributed by atoms with Crippen LogP contribution in [0.4, 0.5) is 5.69 Å². The average Bonchev–Trinajstić information content (AvgIpc) is 2.95. The fourth-order valence-electron chi connectivity index (χ4n) is 2.76. The normalized spacial score (nSPS) is 17.2. The van der Waals surface area contributed by atoms with Gasteiger partial charge in [0, 0.05) is 35.2 Å². The van der Waals surface area contributed by atoms with Gasteiger partial charge in [0.05, 0.1) is 5.92 Å². The summed E-state index contributed by atoms with van der Waals surface area (Å²) in [7, 11) is 0. The van der Waals surface area contributed by atoms with Gasteiger partial charge in [-0.2, -0.15) is 0 Å². The van der Waals surface area contributed by atoms with E-state index in [0.717, 1.165) is 5.56 Å². The van der Waals surface area contributed by atoms with Crippen molar-refractivity contribution in [3.05, 3.63) is 64.1 Å². The second-order valence-corrected chi connectivity index (χ2v) is 6.61. The van der Waals surface area contributed by atoms with E-state index in [0.29, 0.717) is 28.8 Å². The highest BCUT2D eigenvalue weighted by Gasteiger charge is 2.35. The largest absolute Gasteiger partial charge is 0.352 e. The summed E-state index contributed by atoms with van der Waals surface area (Å²) in [6.45, 7) is 0.781. The van der Waals surface area contributed by atoms with Crippen LogP contribution in [-0.2, 0) is 16.1 Å². The maximum atomic E-state index is 12.3. The Balaban J connectivity index is 1.64. The summed E-state index contributed by atoms with van der Waals surface area (Å²) >= 11 is 12.0. The predicted molar refractivity (Wildman–Crippen MR) is 95.2 cm³/mol. The fourth-order valence-corrected chi connectivity index (χ4v) is 3.27. The van der Waals surface area contributed by atoms with Crippen LogP contribution in [0.1, 0.15) is 12.0 Å². The van der Waals surface area contributed by atoms with E-state index in [2.05, 4.69) is 5.32 Å². The Kier molecular flexibility index (Phi) is 5.07. The van der Waals surface area contributed by atoms with Crippen molar-refractivity contribution in [2.24, 2.45) is 5.92 Å². The number of halogens is 2. The fraction of sp³-hybridized carbons (Fsp3) is 0.222. The number of rotatable bonds is 4. The Morgan fingerprint density at radius 3 is 2.46 bits per heavy atom. The topological polar surface area (TPSA) is 49.4 Å². The Hall–Kier alpha value is -2.04. The van der Waals surface area contributed by atoms with Crippen molar-refractivity contribution >= 4 is 40.7 Å². The molecule has 3 rings (SSSR count). The molecule has 0 saturated carbocycles. The summed E-state index contributed by atoms with van der Waals surface area (Å²) in [5.41, 5.74) is 1.64. The SMILES string of the molecule is O=C(NCc1ccccc1)C1CC(=O)N(c2cc(Cl)cc(Cl)c2)C1. The van der Waals surface area contributed by atoms with Crippen molar-refractivity contribution in [1.29, 1.82) is 0 Å². The molecule has 1 atom stereocenters. The van der Waals surface area contributed by atoms with Crippen LogP contribution in [0.25, 0.3) is 0 Å². The van der Waals surface area contributed by atoms with Gasteiger partial charge in [0.15, 0.2) is 0 Å². The molecule has 2 amide bonds. The van der Waals surface area contributed by atoms with Gasteiger partial charge in [-0.05, 0) is 23.8 Å². The van der Waals surface area contributed by atoms with Crippen molar-refractivity contribution in [2.75, 3.05) is 11.4 Å². The van der Waals surface area contributed by atoms with E-state index in [1.165, 1.54) is 0 Å². The highest BCUT2D eigenvalue weighted by atomic mass is 35.5. The number of hydrogen-bond acceptors (Lipinski definition) is 2. The smallest absolute Gasteiger partial charge is 0.227 e. The van der Waals surface area contributed by atoms with Gasteiger partial charge in [-0.1, -0.05) is 53.5 Å². The molecule has 24 heavy (non-hydrogen) atoms. The van der Waals surface area contributed by atoms with E-state index in [1.54, 1.807) is 23.1 Å². The highest BCUT2D eigenvalue weighted by Crippen LogP contribution is 2.30. The monoisotopic (exact) mass is 362 g/mol. The first kappa shape index (κ1) is 16.8. The van der Waals surface area contributed by atoms with E-state index in [1.807, 2.05) is 30.3 Å². The van der Waals surface area contributed by atoms with Gasteiger partial charge in [-0.25, -0.2) is 0 Å². The molecule has 1 N–H and O–H groups in total. The van der Waals surface area contributed by atoms with Crippen LogP contribution in [-0.4, -0.2) is 18.4 Å². The quantitative estimate of drug-likeness (QED) is 0.901. The molecule has 4 nitrogen and oxygen atoms in total. The molecular formula is C18H16Cl2N2O2. The third-order valence-corrected chi connectivity index (χ3v) is 4.40. The number of anilines is 1. The Labute approximate surface area is 150 Å². The first-order chi connectivity index (χ1) is 11.5. The van der Waals surface area contributed by atoms with Gasteiger partial charge >= 0.3 is 0 Å². The zero-order chi connectivity index (χ0) is 17.1. The van der Waals surface area contributed by atoms with Crippen molar-refractivity contribution in [3.63, 3.8) is 0 Å². The molecular weight excluding hydrogens is 347 g/mol. The third kappa shape index (κ3) is 3.89. The van der Waals surface area contributed by atoms with Gasteiger partial charge < -0.3 is 10.2 Å². The standard InChI is InChI=1S/C18H16Cl2N2O2/c19-14-7-15(20)9-16(8-14)22-11-13(6-17(22)23)18(24)21-10-12-4-2-1-3-5-12/h1-5,7-9,13H,6,10-11H2,(H,21,24). The van der Waals surface area contributed by atoms with Gasteiger partial charge in [-0.15, -0.1) is 0 Å². The van der Waals surface area contributed by atoms with E-state index >= 15 is 0 Å². The van der Waals surface area contributed by atoms with Crippen molar-refractivity contribution in [1.82, 2.24) is 5.32 Å². The second-order valence-electron chi connectivity index (χ2n) is 5.74. The first-order valence-corrected chi connectivity index (χ1v) is 8.36. The summed E-state index contributed by atoms with van der Waals surface area (Å²) in [5, 5.41) is 3.81. The van der Waals surface area contributed by atoms with Crippen LogP contribution in [0.2, 0.25) is 10.0 Å². The van der Waals surface area contributed by atoms with Gasteiger partial charge in [-0.3, -0.25) is 9.59 Å². The van der Waals surface area contributed by atoms with Crippen LogP contribution in [0.15, 0.2) is 48.5 Å². The average molecular weight is 363 g/mol. The molecule has 124 valence electrons. The van der Waals surface area contributed by atoms with E-state index in [4.69, 9.17) is 23.2 Å². The lowest BCUT2D eigenvalue weighted by Crippen LogP contribution is -2.32. The van der Waals surface area contributed by atoms with Crippen LogP contribution in [0.3, 0.4) is 0 Å². The van der Waals surface area contributed by atoms with E-state index in [-0.39, 0.29) is 24.2 Å². The Morgan fingerprint density at radius 2 is 1.79 bits per heavy atom. The number of nitrogens with zero attached hydrogens (tertiary/aromatic N) is 1. The number of carbonyl (C=O) groups is 2. The van der Waals surface area contributed by atoms with Crippen molar-refractivity contribution < 1.29 is 9.59 Å². The first-order valence-electron chi connectivity index (χ1n) is 7.61. The molecule has 0 bridgehead atoms. The minimum atomic E-state index is -0.376. The molecule has 6 heteroatoms. The number of carbonyl (C=O) groups excluding carboxylic acids is 2. The lowest BCUT2D eigenvalue weighted by atomic mass is 10.1. The molecule has 1 aliphatic heterocycles. The molecule has 1 heterocycles. The van der Waals surface area contributed by atoms with Crippen LogP contribution < -0.4 is 10.2 Å². The summed E-state index contributed by atoms with van der Waals surface area (Å²) in [6.07, 6.45) is 0.185. The molecule has 0 spiro atoms. The maximum absolute atomic E-state index is 12.3. The highest BCUT2D eigenvalue weighted by molar-refractivity contribution is 6.35. The molecule has 0 aromatic heterocycles. The molecule has 2 aromatic rings. The lowest BCUT2D eigenvalue weighted by Gasteiger charge is -2.17. The summed E-state index contributed by atoms with van der Waals surface area (Å²) in [5.74, 6) is -0.602. The summed E-state index contributed by atoms with van der Waals surface area (Å²) < 4.78 is 0. The number of nitrogens with one attached hydrogen (secondary N) is 1. The van der Waals surface area contributed by atoms with E-state index in [9.17, 15) is 9.59 Å². The van der Waals surface area contributed by atoms with Gasteiger partial charge in [0.1, 0.15) is 0 Å². The zero-order valence-electron chi connectivity index (χ0n) is 12.8. The van der Waals surface area contributed by atoms with Crippen molar-refractivity contribution in [3.8, 4) is 0 Å². The molecule has 0 radical (unpaired) electrons. The maximum Gasteiger partial charge on any atom is 0.227 e. The van der Waals surface area contributed by atoms with Crippen molar-refractivity contribution in [2.45, 2.75) is 13.0 Å². The number of amides is 2. The third-order valence-electron chi connectivity index (χ3n) is 3.96. The lowest BCUT2D eigenvalue weighted by molar-refractivity contribution is -0.126. The Morgan fingerprint density at radius 1 is 1.12 bits per heavy atom. The molecule has 1 saturated heterocycles. The van der Waals surface area contributed by atoms with Crippen LogP contribution >= 0.6 is 23.2 Å².